The number of aromatic nitrogens is 2. The number of aryl methyl sites for hydroxylation is 1. The van der Waals surface area contributed by atoms with E-state index in [1.807, 2.05) is 67.5 Å². The molecule has 1 heterocycles. The summed E-state index contributed by atoms with van der Waals surface area (Å²) >= 11 is 0. The number of anilines is 3. The molecule has 2 aromatic carbocycles. The first-order valence-electron chi connectivity index (χ1n) is 9.03. The van der Waals surface area contributed by atoms with E-state index in [4.69, 9.17) is 0 Å². The van der Waals surface area contributed by atoms with Crippen molar-refractivity contribution in [2.75, 3.05) is 30.9 Å². The second-order valence-corrected chi connectivity index (χ2v) is 6.51. The van der Waals surface area contributed by atoms with E-state index in [1.165, 1.54) is 0 Å². The van der Waals surface area contributed by atoms with Gasteiger partial charge in [-0.05, 0) is 42.8 Å². The highest BCUT2D eigenvalue weighted by Crippen LogP contribution is 2.23. The largest absolute Gasteiger partial charge is 0.378 e. The van der Waals surface area contributed by atoms with Crippen LogP contribution in [0.25, 0.3) is 0 Å². The molecule has 6 nitrogen and oxygen atoms in total. The number of para-hydroxylation sites is 1. The van der Waals surface area contributed by atoms with Gasteiger partial charge in [-0.2, -0.15) is 0 Å². The van der Waals surface area contributed by atoms with Gasteiger partial charge in [-0.1, -0.05) is 12.1 Å². The summed E-state index contributed by atoms with van der Waals surface area (Å²) in [6.07, 6.45) is 5.19. The Balaban J connectivity index is 1.59. The predicted octanol–water partition coefficient (Wildman–Crippen LogP) is 3.58. The lowest BCUT2D eigenvalue weighted by Gasteiger charge is -2.15. The van der Waals surface area contributed by atoms with Gasteiger partial charge < -0.3 is 20.5 Å². The first-order chi connectivity index (χ1) is 13.1. The molecule has 1 aromatic heterocycles. The SMILES string of the molecule is CN(C)c1ccc(Nc2ccccc2C(=O)NCCCc2ncc[nH]2)cc1. The molecule has 3 N–H and O–H groups in total. The van der Waals surface area contributed by atoms with Crippen molar-refractivity contribution in [2.45, 2.75) is 12.8 Å². The van der Waals surface area contributed by atoms with Gasteiger partial charge in [0.2, 0.25) is 0 Å². The Morgan fingerprint density at radius 1 is 1.11 bits per heavy atom. The van der Waals surface area contributed by atoms with Crippen molar-refractivity contribution >= 4 is 23.0 Å². The molecule has 27 heavy (non-hydrogen) atoms. The van der Waals surface area contributed by atoms with E-state index >= 15 is 0 Å². The molecule has 1 amide bonds. The zero-order valence-corrected chi connectivity index (χ0v) is 15.7. The van der Waals surface area contributed by atoms with Crippen molar-refractivity contribution in [3.63, 3.8) is 0 Å². The Kier molecular flexibility index (Phi) is 6.10. The number of aromatic amines is 1. The van der Waals surface area contributed by atoms with E-state index in [0.29, 0.717) is 12.1 Å². The van der Waals surface area contributed by atoms with E-state index in [-0.39, 0.29) is 5.91 Å². The lowest BCUT2D eigenvalue weighted by atomic mass is 10.1. The van der Waals surface area contributed by atoms with Crippen LogP contribution in [0.15, 0.2) is 60.9 Å². The van der Waals surface area contributed by atoms with Gasteiger partial charge >= 0.3 is 0 Å². The maximum Gasteiger partial charge on any atom is 0.253 e. The number of H-pyrrole nitrogens is 1. The van der Waals surface area contributed by atoms with Crippen molar-refractivity contribution in [1.82, 2.24) is 15.3 Å². The summed E-state index contributed by atoms with van der Waals surface area (Å²) in [7, 11) is 4.02. The summed E-state index contributed by atoms with van der Waals surface area (Å²) in [6, 6.07) is 15.6. The van der Waals surface area contributed by atoms with Crippen LogP contribution >= 0.6 is 0 Å². The number of hydrogen-bond donors (Lipinski definition) is 3. The number of benzene rings is 2. The number of carbonyl (C=O) groups excluding carboxylic acids is 1. The third-order valence-electron chi connectivity index (χ3n) is 4.27. The minimum atomic E-state index is -0.0811. The molecule has 0 bridgehead atoms. The molecule has 0 spiro atoms. The lowest BCUT2D eigenvalue weighted by molar-refractivity contribution is 0.0954. The van der Waals surface area contributed by atoms with Gasteiger partial charge in [0.25, 0.3) is 5.91 Å². The Morgan fingerprint density at radius 3 is 2.59 bits per heavy atom. The monoisotopic (exact) mass is 363 g/mol. The van der Waals surface area contributed by atoms with E-state index in [1.54, 1.807) is 12.4 Å². The van der Waals surface area contributed by atoms with Crippen LogP contribution in [0.2, 0.25) is 0 Å². The molecular formula is C21H25N5O. The molecule has 0 aliphatic carbocycles. The molecule has 0 radical (unpaired) electrons. The van der Waals surface area contributed by atoms with Crippen molar-refractivity contribution in [1.29, 1.82) is 0 Å². The second kappa shape index (κ2) is 8.89. The first kappa shape index (κ1) is 18.5. The quantitative estimate of drug-likeness (QED) is 0.535. The smallest absolute Gasteiger partial charge is 0.253 e. The van der Waals surface area contributed by atoms with Gasteiger partial charge in [-0.15, -0.1) is 0 Å². The van der Waals surface area contributed by atoms with Crippen LogP contribution in [-0.2, 0) is 6.42 Å². The highest BCUT2D eigenvalue weighted by Gasteiger charge is 2.11. The summed E-state index contributed by atoms with van der Waals surface area (Å²) in [5.74, 6) is 0.856. The zero-order valence-electron chi connectivity index (χ0n) is 15.7. The van der Waals surface area contributed by atoms with Gasteiger partial charge in [0.05, 0.1) is 11.3 Å². The van der Waals surface area contributed by atoms with Gasteiger partial charge in [0, 0.05) is 50.8 Å². The molecule has 0 unspecified atom stereocenters. The molecule has 6 heteroatoms. The number of carbonyl (C=O) groups is 1. The van der Waals surface area contributed by atoms with E-state index in [0.717, 1.165) is 35.7 Å². The standard InChI is InChI=1S/C21H25N5O/c1-26(2)17-11-9-16(10-12-17)25-19-7-4-3-6-18(19)21(27)24-13-5-8-20-22-14-15-23-20/h3-4,6-7,9-12,14-15,25H,5,8,13H2,1-2H3,(H,22,23)(H,24,27). The molecule has 3 rings (SSSR count). The minimum absolute atomic E-state index is 0.0811. The summed E-state index contributed by atoms with van der Waals surface area (Å²) in [6.45, 7) is 0.603. The number of rotatable bonds is 8. The maximum atomic E-state index is 12.6. The zero-order chi connectivity index (χ0) is 19.1. The van der Waals surface area contributed by atoms with Crippen molar-refractivity contribution < 1.29 is 4.79 Å². The molecule has 0 aliphatic heterocycles. The van der Waals surface area contributed by atoms with Crippen molar-refractivity contribution in [3.05, 3.63) is 72.3 Å². The van der Waals surface area contributed by atoms with Crippen LogP contribution in [0.4, 0.5) is 17.1 Å². The second-order valence-electron chi connectivity index (χ2n) is 6.51. The molecule has 3 aromatic rings. The fourth-order valence-corrected chi connectivity index (χ4v) is 2.78. The van der Waals surface area contributed by atoms with Crippen LogP contribution in [0.5, 0.6) is 0 Å². The summed E-state index contributed by atoms with van der Waals surface area (Å²) < 4.78 is 0. The van der Waals surface area contributed by atoms with Crippen molar-refractivity contribution in [2.24, 2.45) is 0 Å². The van der Waals surface area contributed by atoms with Crippen LogP contribution < -0.4 is 15.5 Å². The third kappa shape index (κ3) is 5.10. The summed E-state index contributed by atoms with van der Waals surface area (Å²) in [5.41, 5.74) is 3.49. The molecule has 0 saturated heterocycles. The molecule has 140 valence electrons. The molecular weight excluding hydrogens is 338 g/mol. The van der Waals surface area contributed by atoms with E-state index in [2.05, 4.69) is 20.6 Å². The van der Waals surface area contributed by atoms with Crippen LogP contribution in [0.1, 0.15) is 22.6 Å². The fourth-order valence-electron chi connectivity index (χ4n) is 2.78. The molecule has 0 atom stereocenters. The Bertz CT molecular complexity index is 857. The van der Waals surface area contributed by atoms with Gasteiger partial charge in [-0.3, -0.25) is 4.79 Å². The number of imidazole rings is 1. The van der Waals surface area contributed by atoms with Gasteiger partial charge in [-0.25, -0.2) is 4.98 Å². The third-order valence-corrected chi connectivity index (χ3v) is 4.27. The fraction of sp³-hybridized carbons (Fsp3) is 0.238. The van der Waals surface area contributed by atoms with E-state index in [9.17, 15) is 4.79 Å². The topological polar surface area (TPSA) is 73.1 Å². The number of amides is 1. The summed E-state index contributed by atoms with van der Waals surface area (Å²) in [4.78, 5) is 21.9. The first-order valence-corrected chi connectivity index (χ1v) is 9.03. The van der Waals surface area contributed by atoms with E-state index < -0.39 is 0 Å². The summed E-state index contributed by atoms with van der Waals surface area (Å²) in [5, 5.41) is 6.32. The van der Waals surface area contributed by atoms with Gasteiger partial charge in [0.15, 0.2) is 0 Å². The lowest BCUT2D eigenvalue weighted by Crippen LogP contribution is -2.25. The Labute approximate surface area is 159 Å². The Hall–Kier alpha value is -3.28. The normalized spacial score (nSPS) is 10.4. The highest BCUT2D eigenvalue weighted by molar-refractivity contribution is 6.00. The predicted molar refractivity (Wildman–Crippen MR) is 110 cm³/mol. The Morgan fingerprint density at radius 2 is 1.89 bits per heavy atom. The molecule has 0 fully saturated rings. The van der Waals surface area contributed by atoms with Crippen LogP contribution in [0, 0.1) is 0 Å². The molecule has 0 aliphatic rings. The van der Waals surface area contributed by atoms with Gasteiger partial charge in [0.1, 0.15) is 5.82 Å². The number of nitrogens with zero attached hydrogens (tertiary/aromatic N) is 2. The van der Waals surface area contributed by atoms with Crippen molar-refractivity contribution in [3.8, 4) is 0 Å². The number of nitrogens with one attached hydrogen (secondary N) is 3. The van der Waals surface area contributed by atoms with Crippen LogP contribution in [-0.4, -0.2) is 36.5 Å². The molecule has 0 saturated carbocycles. The van der Waals surface area contributed by atoms with Crippen LogP contribution in [0.3, 0.4) is 0 Å². The maximum absolute atomic E-state index is 12.6. The average Bonchev–Trinajstić information content (AvgIpc) is 3.19. The minimum Gasteiger partial charge on any atom is -0.378 e. The number of hydrogen-bond acceptors (Lipinski definition) is 4. The average molecular weight is 363 g/mol. The highest BCUT2D eigenvalue weighted by atomic mass is 16.1.